The highest BCUT2D eigenvalue weighted by Crippen LogP contribution is 2.37. The predicted molar refractivity (Wildman–Crippen MR) is 112 cm³/mol. The van der Waals surface area contributed by atoms with Gasteiger partial charge in [0.2, 0.25) is 0 Å². The lowest BCUT2D eigenvalue weighted by atomic mass is 10.0. The minimum Gasteiger partial charge on any atom is -0.497 e. The average molecular weight is 352 g/mol. The summed E-state index contributed by atoms with van der Waals surface area (Å²) >= 11 is 0. The molecule has 0 fully saturated rings. The molecule has 0 aliphatic rings. The minimum atomic E-state index is 0.838. The van der Waals surface area contributed by atoms with Crippen molar-refractivity contribution in [3.63, 3.8) is 0 Å². The Morgan fingerprint density at radius 3 is 2.59 bits per heavy atom. The summed E-state index contributed by atoms with van der Waals surface area (Å²) < 4.78 is 7.92. The van der Waals surface area contributed by atoms with E-state index in [2.05, 4.69) is 71.1 Å². The molecule has 0 N–H and O–H groups in total. The van der Waals surface area contributed by atoms with Gasteiger partial charge in [-0.2, -0.15) is 0 Å². The van der Waals surface area contributed by atoms with Gasteiger partial charge in [-0.15, -0.1) is 0 Å². The van der Waals surface area contributed by atoms with Crippen LogP contribution >= 0.6 is 0 Å². The van der Waals surface area contributed by atoms with Gasteiger partial charge >= 0.3 is 0 Å². The van der Waals surface area contributed by atoms with Crippen molar-refractivity contribution in [1.82, 2.24) is 9.55 Å². The number of methoxy groups -OCH3 is 1. The molecule has 0 atom stereocenters. The lowest BCUT2D eigenvalue weighted by Crippen LogP contribution is -2.00. The molecule has 0 saturated heterocycles. The maximum atomic E-state index is 5.49. The van der Waals surface area contributed by atoms with E-state index in [0.717, 1.165) is 12.3 Å². The third-order valence-electron chi connectivity index (χ3n) is 5.40. The Kier molecular flexibility index (Phi) is 3.61. The number of rotatable bonds is 3. The smallest absolute Gasteiger partial charge is 0.119 e. The largest absolute Gasteiger partial charge is 0.497 e. The van der Waals surface area contributed by atoms with Crippen molar-refractivity contribution in [2.45, 2.75) is 13.5 Å². The Balaban J connectivity index is 1.91. The fourth-order valence-corrected chi connectivity index (χ4v) is 4.11. The van der Waals surface area contributed by atoms with Gasteiger partial charge in [0.05, 0.1) is 12.6 Å². The molecular formula is C24H20N2O. The predicted octanol–water partition coefficient (Wildman–Crippen LogP) is 5.71. The van der Waals surface area contributed by atoms with Crippen LogP contribution in [-0.2, 0) is 6.54 Å². The summed E-state index contributed by atoms with van der Waals surface area (Å²) in [5.41, 5.74) is 5.08. The minimum absolute atomic E-state index is 0.838. The molecule has 3 nitrogen and oxygen atoms in total. The molecule has 0 radical (unpaired) electrons. The van der Waals surface area contributed by atoms with Gasteiger partial charge in [-0.3, -0.25) is 4.98 Å². The summed E-state index contributed by atoms with van der Waals surface area (Å²) in [4.78, 5) is 4.32. The summed E-state index contributed by atoms with van der Waals surface area (Å²) in [5.74, 6) is 0.880. The second kappa shape index (κ2) is 6.13. The van der Waals surface area contributed by atoms with E-state index >= 15 is 0 Å². The van der Waals surface area contributed by atoms with Gasteiger partial charge in [-0.05, 0) is 53.8 Å². The van der Waals surface area contributed by atoms with Crippen LogP contribution in [0.5, 0.6) is 5.75 Å². The van der Waals surface area contributed by atoms with Gasteiger partial charge in [0.1, 0.15) is 5.75 Å². The topological polar surface area (TPSA) is 27.1 Å². The molecule has 0 bridgehead atoms. The molecular weight excluding hydrogens is 332 g/mol. The van der Waals surface area contributed by atoms with Crippen LogP contribution in [0.15, 0.2) is 73.1 Å². The van der Waals surface area contributed by atoms with Crippen LogP contribution < -0.4 is 4.74 Å². The number of benzene rings is 3. The molecule has 0 saturated carbocycles. The molecule has 2 heterocycles. The van der Waals surface area contributed by atoms with Crippen molar-refractivity contribution in [2.75, 3.05) is 7.11 Å². The number of ether oxygens (including phenoxy) is 1. The highest BCUT2D eigenvalue weighted by molar-refractivity contribution is 6.14. The standard InChI is InChI=1S/C24H20N2O/c1-16-20-10-11-25-14-18(20)12-22-21-13-19(27-2)8-9-23(21)26(24(16)22)15-17-6-4-3-5-7-17/h3-14H,15H2,1-2H3. The van der Waals surface area contributed by atoms with Crippen LogP contribution in [-0.4, -0.2) is 16.7 Å². The van der Waals surface area contributed by atoms with Crippen molar-refractivity contribution in [3.05, 3.63) is 84.2 Å². The number of nitrogens with zero attached hydrogens (tertiary/aromatic N) is 2. The van der Waals surface area contributed by atoms with Crippen molar-refractivity contribution in [1.29, 1.82) is 0 Å². The zero-order valence-electron chi connectivity index (χ0n) is 15.4. The van der Waals surface area contributed by atoms with Crippen molar-refractivity contribution in [3.8, 4) is 5.75 Å². The number of aryl methyl sites for hydroxylation is 1. The third-order valence-corrected chi connectivity index (χ3v) is 5.40. The number of hydrogen-bond acceptors (Lipinski definition) is 2. The van der Waals surface area contributed by atoms with E-state index in [9.17, 15) is 0 Å². The lowest BCUT2D eigenvalue weighted by Gasteiger charge is -2.11. The normalized spacial score (nSPS) is 11.5. The fourth-order valence-electron chi connectivity index (χ4n) is 4.11. The molecule has 132 valence electrons. The molecule has 5 aromatic rings. The Bertz CT molecular complexity index is 1290. The molecule has 5 rings (SSSR count). The van der Waals surface area contributed by atoms with E-state index in [4.69, 9.17) is 4.74 Å². The molecule has 0 spiro atoms. The van der Waals surface area contributed by atoms with Crippen LogP contribution in [0.2, 0.25) is 0 Å². The molecule has 27 heavy (non-hydrogen) atoms. The van der Waals surface area contributed by atoms with Crippen molar-refractivity contribution >= 4 is 32.6 Å². The van der Waals surface area contributed by atoms with Crippen LogP contribution in [0.1, 0.15) is 11.1 Å². The van der Waals surface area contributed by atoms with Crippen LogP contribution in [0.3, 0.4) is 0 Å². The lowest BCUT2D eigenvalue weighted by molar-refractivity contribution is 0.415. The Hall–Kier alpha value is -3.33. The first-order valence-electron chi connectivity index (χ1n) is 9.13. The Labute approximate surface area is 157 Å². The molecule has 0 unspecified atom stereocenters. The van der Waals surface area contributed by atoms with E-state index in [0.29, 0.717) is 0 Å². The van der Waals surface area contributed by atoms with E-state index in [-0.39, 0.29) is 0 Å². The number of aromatic nitrogens is 2. The van der Waals surface area contributed by atoms with E-state index in [1.54, 1.807) is 7.11 Å². The van der Waals surface area contributed by atoms with Crippen LogP contribution in [0.4, 0.5) is 0 Å². The summed E-state index contributed by atoms with van der Waals surface area (Å²) in [6.07, 6.45) is 3.82. The second-order valence-corrected chi connectivity index (χ2v) is 6.95. The first kappa shape index (κ1) is 15.9. The quantitative estimate of drug-likeness (QED) is 0.416. The highest BCUT2D eigenvalue weighted by Gasteiger charge is 2.16. The monoisotopic (exact) mass is 352 g/mol. The molecule has 0 aliphatic carbocycles. The Morgan fingerprint density at radius 2 is 1.78 bits per heavy atom. The summed E-state index contributed by atoms with van der Waals surface area (Å²) in [5, 5.41) is 4.89. The van der Waals surface area contributed by atoms with Crippen molar-refractivity contribution in [2.24, 2.45) is 0 Å². The number of hydrogen-bond donors (Lipinski definition) is 0. The fraction of sp³-hybridized carbons (Fsp3) is 0.125. The first-order valence-corrected chi connectivity index (χ1v) is 9.13. The summed E-state index contributed by atoms with van der Waals surface area (Å²) in [7, 11) is 1.72. The van der Waals surface area contributed by atoms with E-state index < -0.39 is 0 Å². The zero-order valence-corrected chi connectivity index (χ0v) is 15.4. The van der Waals surface area contributed by atoms with E-state index in [1.165, 1.54) is 43.7 Å². The Morgan fingerprint density at radius 1 is 0.926 bits per heavy atom. The van der Waals surface area contributed by atoms with Gasteiger partial charge in [0, 0.05) is 40.6 Å². The molecule has 2 aromatic heterocycles. The summed E-state index contributed by atoms with van der Waals surface area (Å²) in [6.45, 7) is 3.05. The maximum Gasteiger partial charge on any atom is 0.119 e. The molecule has 3 heteroatoms. The van der Waals surface area contributed by atoms with Crippen LogP contribution in [0, 0.1) is 6.92 Å². The maximum absolute atomic E-state index is 5.49. The van der Waals surface area contributed by atoms with Gasteiger partial charge in [0.25, 0.3) is 0 Å². The van der Waals surface area contributed by atoms with E-state index in [1.807, 2.05) is 18.5 Å². The molecule has 3 aromatic carbocycles. The second-order valence-electron chi connectivity index (χ2n) is 6.95. The SMILES string of the molecule is COc1ccc2c(c1)c1cc3cnccc3c(C)c1n2Cc1ccccc1. The van der Waals surface area contributed by atoms with Gasteiger partial charge in [0.15, 0.2) is 0 Å². The first-order chi connectivity index (χ1) is 13.3. The average Bonchev–Trinajstić information content (AvgIpc) is 3.02. The summed E-state index contributed by atoms with van der Waals surface area (Å²) in [6, 6.07) is 21.3. The molecule has 0 aliphatic heterocycles. The van der Waals surface area contributed by atoms with Gasteiger partial charge in [-0.1, -0.05) is 30.3 Å². The van der Waals surface area contributed by atoms with Crippen LogP contribution in [0.25, 0.3) is 32.6 Å². The number of pyridine rings is 1. The molecule has 0 amide bonds. The number of fused-ring (bicyclic) bond motifs is 4. The third kappa shape index (κ3) is 2.47. The van der Waals surface area contributed by atoms with Gasteiger partial charge < -0.3 is 9.30 Å². The zero-order chi connectivity index (χ0) is 18.4. The van der Waals surface area contributed by atoms with Gasteiger partial charge in [-0.25, -0.2) is 0 Å². The highest BCUT2D eigenvalue weighted by atomic mass is 16.5. The van der Waals surface area contributed by atoms with Crippen molar-refractivity contribution < 1.29 is 4.74 Å².